The summed E-state index contributed by atoms with van der Waals surface area (Å²) in [6.45, 7) is 1.88. The maximum Gasteiger partial charge on any atom is 0.154 e. The van der Waals surface area contributed by atoms with Crippen LogP contribution in [0.15, 0.2) is 24.0 Å². The van der Waals surface area contributed by atoms with E-state index in [1.165, 1.54) is 13.4 Å². The Kier molecular flexibility index (Phi) is 2.81. The van der Waals surface area contributed by atoms with Gasteiger partial charge in [-0.05, 0) is 18.1 Å². The Hall–Kier alpha value is -0.770. The molecule has 4 heteroatoms. The van der Waals surface area contributed by atoms with E-state index in [2.05, 4.69) is 0 Å². The third kappa shape index (κ3) is 2.34. The van der Waals surface area contributed by atoms with Gasteiger partial charge >= 0.3 is 0 Å². The van der Waals surface area contributed by atoms with Crippen molar-refractivity contribution in [2.24, 2.45) is 5.92 Å². The minimum atomic E-state index is -3.03. The fourth-order valence-corrected chi connectivity index (χ4v) is 2.63. The Labute approximate surface area is 79.0 Å². The molecule has 74 valence electrons. The van der Waals surface area contributed by atoms with Crippen LogP contribution in [0.4, 0.5) is 0 Å². The van der Waals surface area contributed by atoms with Gasteiger partial charge in [-0.3, -0.25) is 0 Å². The zero-order valence-corrected chi connectivity index (χ0v) is 8.84. The van der Waals surface area contributed by atoms with Crippen molar-refractivity contribution in [2.75, 3.05) is 13.4 Å². The highest BCUT2D eigenvalue weighted by Crippen LogP contribution is 2.22. The highest BCUT2D eigenvalue weighted by molar-refractivity contribution is 7.91. The van der Waals surface area contributed by atoms with Crippen LogP contribution in [0.5, 0.6) is 0 Å². The lowest BCUT2D eigenvalue weighted by atomic mass is 10.0. The molecule has 0 bridgehead atoms. The fourth-order valence-electron chi connectivity index (χ4n) is 1.37. The second kappa shape index (κ2) is 3.54. The number of allylic oxidation sites excluding steroid dienone is 2. The monoisotopic (exact) mass is 202 g/mol. The third-order valence-corrected chi connectivity index (χ3v) is 3.70. The predicted molar refractivity (Wildman–Crippen MR) is 52.0 cm³/mol. The molecule has 13 heavy (non-hydrogen) atoms. The molecular weight excluding hydrogens is 188 g/mol. The van der Waals surface area contributed by atoms with E-state index in [0.29, 0.717) is 5.76 Å². The zero-order valence-electron chi connectivity index (χ0n) is 8.02. The highest BCUT2D eigenvalue weighted by Gasteiger charge is 2.26. The van der Waals surface area contributed by atoms with Crippen LogP contribution < -0.4 is 0 Å². The van der Waals surface area contributed by atoms with E-state index in [1.807, 2.05) is 13.0 Å². The van der Waals surface area contributed by atoms with Gasteiger partial charge in [-0.15, -0.1) is 0 Å². The summed E-state index contributed by atoms with van der Waals surface area (Å²) in [5.74, 6) is 0.641. The van der Waals surface area contributed by atoms with Crippen LogP contribution in [-0.2, 0) is 14.6 Å². The Morgan fingerprint density at radius 1 is 1.46 bits per heavy atom. The van der Waals surface area contributed by atoms with Crippen molar-refractivity contribution in [1.82, 2.24) is 0 Å². The molecule has 3 nitrogen and oxygen atoms in total. The van der Waals surface area contributed by atoms with E-state index in [4.69, 9.17) is 4.74 Å². The lowest BCUT2D eigenvalue weighted by Crippen LogP contribution is -2.26. The quantitative estimate of drug-likeness (QED) is 0.674. The molecule has 0 saturated heterocycles. The maximum atomic E-state index is 11.3. The standard InChI is InChI=1S/C9H14O3S/c1-7-4-5-8(12-2)6-9(7)13(3,10)11/h4-7,9H,1-3H3/t7-,9?/m1/s1. The smallest absolute Gasteiger partial charge is 0.154 e. The van der Waals surface area contributed by atoms with Gasteiger partial charge in [-0.25, -0.2) is 8.42 Å². The largest absolute Gasteiger partial charge is 0.497 e. The van der Waals surface area contributed by atoms with Gasteiger partial charge in [0.2, 0.25) is 0 Å². The Balaban J connectivity index is 2.99. The number of hydrogen-bond acceptors (Lipinski definition) is 3. The molecule has 0 N–H and O–H groups in total. The summed E-state index contributed by atoms with van der Waals surface area (Å²) in [5.41, 5.74) is 0. The maximum absolute atomic E-state index is 11.3. The van der Waals surface area contributed by atoms with Crippen molar-refractivity contribution < 1.29 is 13.2 Å². The van der Waals surface area contributed by atoms with Crippen molar-refractivity contribution >= 4 is 9.84 Å². The molecule has 0 heterocycles. The van der Waals surface area contributed by atoms with Crippen LogP contribution in [0.1, 0.15) is 6.92 Å². The van der Waals surface area contributed by atoms with Crippen LogP contribution in [0, 0.1) is 5.92 Å². The first-order chi connectivity index (χ1) is 5.95. The van der Waals surface area contributed by atoms with Gasteiger partial charge < -0.3 is 4.74 Å². The molecule has 0 radical (unpaired) electrons. The average Bonchev–Trinajstić information content (AvgIpc) is 2.03. The number of rotatable bonds is 2. The summed E-state index contributed by atoms with van der Waals surface area (Å²) in [4.78, 5) is 0. The summed E-state index contributed by atoms with van der Waals surface area (Å²) in [6.07, 6.45) is 6.55. The minimum absolute atomic E-state index is 0.0221. The topological polar surface area (TPSA) is 43.4 Å². The number of methoxy groups -OCH3 is 1. The summed E-state index contributed by atoms with van der Waals surface area (Å²) >= 11 is 0. The number of sulfone groups is 1. The third-order valence-electron chi connectivity index (χ3n) is 2.14. The summed E-state index contributed by atoms with van der Waals surface area (Å²) < 4.78 is 27.6. The fraction of sp³-hybridized carbons (Fsp3) is 0.556. The molecule has 2 atom stereocenters. The van der Waals surface area contributed by atoms with Crippen molar-refractivity contribution in [2.45, 2.75) is 12.2 Å². The molecule has 0 spiro atoms. The van der Waals surface area contributed by atoms with Crippen molar-refractivity contribution in [1.29, 1.82) is 0 Å². The van der Waals surface area contributed by atoms with Crippen molar-refractivity contribution in [3.8, 4) is 0 Å². The Bertz CT molecular complexity index is 338. The van der Waals surface area contributed by atoms with Gasteiger partial charge in [0, 0.05) is 6.26 Å². The van der Waals surface area contributed by atoms with Crippen LogP contribution >= 0.6 is 0 Å². The first kappa shape index (κ1) is 10.3. The Morgan fingerprint density at radius 2 is 2.08 bits per heavy atom. The predicted octanol–water partition coefficient (Wildman–Crippen LogP) is 1.14. The number of ether oxygens (including phenoxy) is 1. The van der Waals surface area contributed by atoms with Crippen molar-refractivity contribution in [3.05, 3.63) is 24.0 Å². The molecule has 0 aromatic carbocycles. The van der Waals surface area contributed by atoms with Gasteiger partial charge in [0.1, 0.15) is 5.76 Å². The van der Waals surface area contributed by atoms with Gasteiger partial charge in [-0.1, -0.05) is 13.0 Å². The lowest BCUT2D eigenvalue weighted by Gasteiger charge is -2.20. The second-order valence-electron chi connectivity index (χ2n) is 3.29. The second-order valence-corrected chi connectivity index (χ2v) is 5.49. The molecule has 1 rings (SSSR count). The van der Waals surface area contributed by atoms with E-state index < -0.39 is 15.1 Å². The van der Waals surface area contributed by atoms with Crippen LogP contribution in [-0.4, -0.2) is 27.0 Å². The zero-order chi connectivity index (χ0) is 10.1. The molecule has 1 unspecified atom stereocenters. The van der Waals surface area contributed by atoms with Gasteiger partial charge in [0.25, 0.3) is 0 Å². The van der Waals surface area contributed by atoms with Gasteiger partial charge in [-0.2, -0.15) is 0 Å². The molecule has 1 aliphatic carbocycles. The minimum Gasteiger partial charge on any atom is -0.497 e. The molecular formula is C9H14O3S. The van der Waals surface area contributed by atoms with Crippen LogP contribution in [0.2, 0.25) is 0 Å². The van der Waals surface area contributed by atoms with Crippen LogP contribution in [0.25, 0.3) is 0 Å². The van der Waals surface area contributed by atoms with E-state index in [9.17, 15) is 8.42 Å². The lowest BCUT2D eigenvalue weighted by molar-refractivity contribution is 0.302. The van der Waals surface area contributed by atoms with E-state index in [-0.39, 0.29) is 5.92 Å². The molecule has 1 aliphatic rings. The SMILES string of the molecule is COC1=CC(S(C)(=O)=O)[C@H](C)C=C1. The summed E-state index contributed by atoms with van der Waals surface area (Å²) in [6, 6.07) is 0. The molecule has 0 amide bonds. The van der Waals surface area contributed by atoms with Gasteiger partial charge in [0.15, 0.2) is 9.84 Å². The first-order valence-electron chi connectivity index (χ1n) is 4.08. The van der Waals surface area contributed by atoms with E-state index in [0.717, 1.165) is 0 Å². The molecule has 0 aromatic heterocycles. The first-order valence-corrected chi connectivity index (χ1v) is 6.03. The molecule has 0 aromatic rings. The van der Waals surface area contributed by atoms with Crippen molar-refractivity contribution in [3.63, 3.8) is 0 Å². The van der Waals surface area contributed by atoms with E-state index >= 15 is 0 Å². The van der Waals surface area contributed by atoms with E-state index in [1.54, 1.807) is 12.2 Å². The average molecular weight is 202 g/mol. The summed E-state index contributed by atoms with van der Waals surface area (Å²) in [7, 11) is -1.49. The molecule has 0 fully saturated rings. The summed E-state index contributed by atoms with van der Waals surface area (Å²) in [5, 5.41) is -0.451. The Morgan fingerprint density at radius 3 is 2.54 bits per heavy atom. The number of hydrogen-bond donors (Lipinski definition) is 0. The van der Waals surface area contributed by atoms with Gasteiger partial charge in [0.05, 0.1) is 12.4 Å². The molecule has 0 aliphatic heterocycles. The molecule has 0 saturated carbocycles. The highest BCUT2D eigenvalue weighted by atomic mass is 32.2. The normalized spacial score (nSPS) is 28.4. The van der Waals surface area contributed by atoms with Crippen LogP contribution in [0.3, 0.4) is 0 Å².